The maximum Gasteiger partial charge on any atom is 0.216 e. The first kappa shape index (κ1) is 12.8. The van der Waals surface area contributed by atoms with E-state index in [-0.39, 0.29) is 5.91 Å². The zero-order valence-electron chi connectivity index (χ0n) is 7.32. The SMILES string of the molecule is CNC(=S)NC.CNC(C)=O. The van der Waals surface area contributed by atoms with Crippen LogP contribution in [-0.2, 0) is 4.79 Å². The molecular weight excluding hydrogens is 162 g/mol. The standard InChI is InChI=1S/C3H8N2S.C3H7NO/c1-4-3(6)5-2;1-3(5)4-2/h1-2H3,(H2,4,5,6);1-2H3,(H,4,5). The van der Waals surface area contributed by atoms with E-state index in [4.69, 9.17) is 0 Å². The van der Waals surface area contributed by atoms with Crippen LogP contribution in [0.15, 0.2) is 0 Å². The van der Waals surface area contributed by atoms with Crippen molar-refractivity contribution in [2.45, 2.75) is 6.92 Å². The van der Waals surface area contributed by atoms with Crippen molar-refractivity contribution < 1.29 is 4.79 Å². The van der Waals surface area contributed by atoms with E-state index >= 15 is 0 Å². The van der Waals surface area contributed by atoms with Crippen LogP contribution >= 0.6 is 12.2 Å². The summed E-state index contributed by atoms with van der Waals surface area (Å²) in [5.41, 5.74) is 0. The summed E-state index contributed by atoms with van der Waals surface area (Å²) < 4.78 is 0. The summed E-state index contributed by atoms with van der Waals surface area (Å²) in [7, 11) is 5.15. The Kier molecular flexibility index (Phi) is 10.7. The first-order chi connectivity index (χ1) is 5.08. The van der Waals surface area contributed by atoms with Crippen molar-refractivity contribution in [3.63, 3.8) is 0 Å². The molecule has 0 aromatic heterocycles. The lowest BCUT2D eigenvalue weighted by atomic mass is 10.7. The molecule has 0 aliphatic heterocycles. The van der Waals surface area contributed by atoms with Gasteiger partial charge in [-0.05, 0) is 12.2 Å². The largest absolute Gasteiger partial charge is 0.366 e. The zero-order valence-corrected chi connectivity index (χ0v) is 8.13. The molecule has 0 spiro atoms. The number of carbonyl (C=O) groups excluding carboxylic acids is 1. The summed E-state index contributed by atoms with van der Waals surface area (Å²) in [6.45, 7) is 1.47. The lowest BCUT2D eigenvalue weighted by Gasteiger charge is -1.95. The van der Waals surface area contributed by atoms with Crippen molar-refractivity contribution in [3.05, 3.63) is 0 Å². The Hall–Kier alpha value is -0.840. The van der Waals surface area contributed by atoms with Gasteiger partial charge in [-0.1, -0.05) is 0 Å². The second-order valence-corrected chi connectivity index (χ2v) is 2.04. The van der Waals surface area contributed by atoms with Crippen molar-refractivity contribution in [2.24, 2.45) is 0 Å². The number of nitrogens with one attached hydrogen (secondary N) is 3. The highest BCUT2D eigenvalue weighted by atomic mass is 32.1. The fourth-order valence-corrected chi connectivity index (χ4v) is 0.125. The lowest BCUT2D eigenvalue weighted by molar-refractivity contribution is -0.118. The van der Waals surface area contributed by atoms with E-state index in [0.29, 0.717) is 5.11 Å². The van der Waals surface area contributed by atoms with Gasteiger partial charge in [0.1, 0.15) is 0 Å². The molecule has 0 saturated heterocycles. The van der Waals surface area contributed by atoms with Gasteiger partial charge < -0.3 is 16.0 Å². The minimum atomic E-state index is 0.00463. The first-order valence-corrected chi connectivity index (χ1v) is 3.57. The molecule has 0 aromatic rings. The molecule has 0 heterocycles. The van der Waals surface area contributed by atoms with E-state index in [0.717, 1.165) is 0 Å². The van der Waals surface area contributed by atoms with Crippen molar-refractivity contribution in [1.29, 1.82) is 0 Å². The van der Waals surface area contributed by atoms with Gasteiger partial charge in [0.15, 0.2) is 5.11 Å². The highest BCUT2D eigenvalue weighted by Gasteiger charge is 1.75. The maximum atomic E-state index is 9.70. The molecule has 0 atom stereocenters. The maximum absolute atomic E-state index is 9.70. The Bertz CT molecular complexity index is 121. The van der Waals surface area contributed by atoms with Crippen LogP contribution in [0.2, 0.25) is 0 Å². The summed E-state index contributed by atoms with van der Waals surface area (Å²) in [6, 6.07) is 0. The number of thiocarbonyl (C=S) groups is 1. The Balaban J connectivity index is 0. The molecule has 0 aliphatic rings. The summed E-state index contributed by atoms with van der Waals surface area (Å²) in [5.74, 6) is 0.00463. The first-order valence-electron chi connectivity index (χ1n) is 3.16. The number of hydrogen-bond donors (Lipinski definition) is 3. The van der Waals surface area contributed by atoms with Gasteiger partial charge in [0, 0.05) is 28.1 Å². The van der Waals surface area contributed by atoms with Crippen LogP contribution in [0.5, 0.6) is 0 Å². The van der Waals surface area contributed by atoms with Crippen LogP contribution in [-0.4, -0.2) is 32.2 Å². The molecule has 0 aliphatic carbocycles. The summed E-state index contributed by atoms with van der Waals surface area (Å²) in [6.07, 6.45) is 0. The molecule has 3 N–H and O–H groups in total. The summed E-state index contributed by atoms with van der Waals surface area (Å²) >= 11 is 4.63. The quantitative estimate of drug-likeness (QED) is 0.435. The summed E-state index contributed by atoms with van der Waals surface area (Å²) in [5, 5.41) is 8.53. The second kappa shape index (κ2) is 9.16. The van der Waals surface area contributed by atoms with Gasteiger partial charge >= 0.3 is 0 Å². The van der Waals surface area contributed by atoms with Gasteiger partial charge in [0.25, 0.3) is 0 Å². The molecule has 0 aromatic carbocycles. The van der Waals surface area contributed by atoms with Gasteiger partial charge in [-0.15, -0.1) is 0 Å². The van der Waals surface area contributed by atoms with Gasteiger partial charge in [0.2, 0.25) is 5.91 Å². The van der Waals surface area contributed by atoms with Crippen LogP contribution in [0.4, 0.5) is 0 Å². The fourth-order valence-electron chi connectivity index (χ4n) is 0.125. The van der Waals surface area contributed by atoms with Gasteiger partial charge in [-0.25, -0.2) is 0 Å². The molecule has 11 heavy (non-hydrogen) atoms. The molecule has 4 nitrogen and oxygen atoms in total. The van der Waals surface area contributed by atoms with Crippen LogP contribution in [0.1, 0.15) is 6.92 Å². The topological polar surface area (TPSA) is 53.2 Å². The minimum absolute atomic E-state index is 0.00463. The van der Waals surface area contributed by atoms with E-state index < -0.39 is 0 Å². The third-order valence-electron chi connectivity index (χ3n) is 0.806. The van der Waals surface area contributed by atoms with Crippen LogP contribution in [0, 0.1) is 0 Å². The van der Waals surface area contributed by atoms with Gasteiger partial charge in [-0.3, -0.25) is 4.79 Å². The molecule has 66 valence electrons. The van der Waals surface area contributed by atoms with Crippen LogP contribution in [0.25, 0.3) is 0 Å². The zero-order chi connectivity index (χ0) is 9.28. The minimum Gasteiger partial charge on any atom is -0.366 e. The number of carbonyl (C=O) groups is 1. The van der Waals surface area contributed by atoms with Crippen LogP contribution in [0.3, 0.4) is 0 Å². The molecule has 0 radical (unpaired) electrons. The van der Waals surface area contributed by atoms with E-state index in [1.54, 1.807) is 21.1 Å². The van der Waals surface area contributed by atoms with E-state index in [1.807, 2.05) is 0 Å². The normalized spacial score (nSPS) is 6.91. The van der Waals surface area contributed by atoms with Crippen LogP contribution < -0.4 is 16.0 Å². The van der Waals surface area contributed by atoms with E-state index in [2.05, 4.69) is 28.2 Å². The molecular formula is C6H15N3OS. The smallest absolute Gasteiger partial charge is 0.216 e. The van der Waals surface area contributed by atoms with Crippen molar-refractivity contribution >= 4 is 23.2 Å². The summed E-state index contributed by atoms with van der Waals surface area (Å²) in [4.78, 5) is 9.70. The third-order valence-corrected chi connectivity index (χ3v) is 1.21. The average Bonchev–Trinajstić information content (AvgIpc) is 2.04. The molecule has 0 saturated carbocycles. The highest BCUT2D eigenvalue weighted by Crippen LogP contribution is 1.52. The molecule has 0 rings (SSSR count). The van der Waals surface area contributed by atoms with Crippen molar-refractivity contribution in [3.8, 4) is 0 Å². The Morgan fingerprint density at radius 3 is 1.36 bits per heavy atom. The number of rotatable bonds is 0. The van der Waals surface area contributed by atoms with Gasteiger partial charge in [0.05, 0.1) is 0 Å². The highest BCUT2D eigenvalue weighted by molar-refractivity contribution is 7.80. The van der Waals surface area contributed by atoms with Crippen molar-refractivity contribution in [2.75, 3.05) is 21.1 Å². The molecule has 0 fully saturated rings. The van der Waals surface area contributed by atoms with Crippen molar-refractivity contribution in [1.82, 2.24) is 16.0 Å². The predicted octanol–water partition coefficient (Wildman–Crippen LogP) is -0.538. The Morgan fingerprint density at radius 1 is 1.09 bits per heavy atom. The fraction of sp³-hybridized carbons (Fsp3) is 0.667. The monoisotopic (exact) mass is 177 g/mol. The Labute approximate surface area is 72.7 Å². The van der Waals surface area contributed by atoms with Gasteiger partial charge in [-0.2, -0.15) is 0 Å². The van der Waals surface area contributed by atoms with E-state index in [9.17, 15) is 4.79 Å². The van der Waals surface area contributed by atoms with E-state index in [1.165, 1.54) is 6.92 Å². The number of amides is 1. The average molecular weight is 177 g/mol. The molecule has 0 bridgehead atoms. The molecule has 1 amide bonds. The second-order valence-electron chi connectivity index (χ2n) is 1.64. The molecule has 0 unspecified atom stereocenters. The predicted molar refractivity (Wildman–Crippen MR) is 50.5 cm³/mol. The third kappa shape index (κ3) is 17.6. The molecule has 5 heteroatoms. The Morgan fingerprint density at radius 2 is 1.36 bits per heavy atom. The number of hydrogen-bond acceptors (Lipinski definition) is 2. The lowest BCUT2D eigenvalue weighted by Crippen LogP contribution is -2.28.